The number of hydrogen-bond donors (Lipinski definition) is 1. The van der Waals surface area contributed by atoms with Gasteiger partial charge in [-0.3, -0.25) is 14.6 Å². The lowest BCUT2D eigenvalue weighted by Gasteiger charge is -2.32. The second-order valence-corrected chi connectivity index (χ2v) is 9.34. The van der Waals surface area contributed by atoms with E-state index in [9.17, 15) is 9.59 Å². The Hall–Kier alpha value is -4.36. The number of carbonyl (C=O) groups is 2. The van der Waals surface area contributed by atoms with Crippen LogP contribution in [0.15, 0.2) is 97.3 Å². The van der Waals surface area contributed by atoms with Crippen molar-refractivity contribution < 1.29 is 19.1 Å². The molecule has 1 N–H and O–H groups in total. The molecule has 0 fully saturated rings. The number of ether oxygens (including phenoxy) is 2. The van der Waals surface area contributed by atoms with Crippen LogP contribution >= 0.6 is 11.6 Å². The summed E-state index contributed by atoms with van der Waals surface area (Å²) in [5.41, 5.74) is 3.15. The van der Waals surface area contributed by atoms with Gasteiger partial charge in [0.1, 0.15) is 6.04 Å². The summed E-state index contributed by atoms with van der Waals surface area (Å²) in [6, 6.07) is 24.7. The van der Waals surface area contributed by atoms with Crippen LogP contribution in [0.2, 0.25) is 5.02 Å². The maximum absolute atomic E-state index is 14.0. The lowest BCUT2D eigenvalue weighted by molar-refractivity contribution is -0.141. The predicted octanol–water partition coefficient (Wildman–Crippen LogP) is 5.38. The van der Waals surface area contributed by atoms with E-state index in [2.05, 4.69) is 10.3 Å². The number of carbonyl (C=O) groups excluding carboxylic acids is 2. The van der Waals surface area contributed by atoms with E-state index < -0.39 is 6.04 Å². The Morgan fingerprint density at radius 2 is 1.59 bits per heavy atom. The van der Waals surface area contributed by atoms with Crippen LogP contribution in [-0.2, 0) is 29.1 Å². The standard InChI is InChI=1S/C31H30ClN3O4/c1-38-27-15-12-23(17-28(27)39-2)18-29(36)35(21-22-10-13-26(32)14-11-22)30(25-8-4-3-5-9-25)31(37)34-20-24-7-6-16-33-19-24/h3-17,19,30H,18,20-21H2,1-2H3,(H,34,37). The first kappa shape index (κ1) is 27.7. The molecular formula is C31H30ClN3O4. The van der Waals surface area contributed by atoms with E-state index in [0.717, 1.165) is 16.7 Å². The molecule has 1 atom stereocenters. The fraction of sp³-hybridized carbons (Fsp3) is 0.194. The molecule has 7 nitrogen and oxygen atoms in total. The van der Waals surface area contributed by atoms with Gasteiger partial charge in [-0.05, 0) is 52.6 Å². The number of nitrogens with zero attached hydrogens (tertiary/aromatic N) is 2. The summed E-state index contributed by atoms with van der Waals surface area (Å²) in [4.78, 5) is 33.5. The lowest BCUT2D eigenvalue weighted by Crippen LogP contribution is -2.43. The van der Waals surface area contributed by atoms with Gasteiger partial charge in [0.2, 0.25) is 11.8 Å². The van der Waals surface area contributed by atoms with Crippen LogP contribution in [0, 0.1) is 0 Å². The maximum atomic E-state index is 14.0. The number of aromatic nitrogens is 1. The fourth-order valence-corrected chi connectivity index (χ4v) is 4.40. The first-order valence-corrected chi connectivity index (χ1v) is 12.8. The van der Waals surface area contributed by atoms with E-state index in [4.69, 9.17) is 21.1 Å². The highest BCUT2D eigenvalue weighted by Gasteiger charge is 2.31. The molecule has 0 aliphatic rings. The molecule has 1 unspecified atom stereocenters. The topological polar surface area (TPSA) is 80.8 Å². The van der Waals surface area contributed by atoms with Gasteiger partial charge in [0, 0.05) is 30.5 Å². The lowest BCUT2D eigenvalue weighted by atomic mass is 10.0. The van der Waals surface area contributed by atoms with Gasteiger partial charge in [-0.2, -0.15) is 0 Å². The van der Waals surface area contributed by atoms with E-state index in [1.54, 1.807) is 55.8 Å². The number of rotatable bonds is 11. The van der Waals surface area contributed by atoms with Crippen LogP contribution in [0.1, 0.15) is 28.3 Å². The maximum Gasteiger partial charge on any atom is 0.247 e. The van der Waals surface area contributed by atoms with Gasteiger partial charge in [-0.15, -0.1) is 0 Å². The smallest absolute Gasteiger partial charge is 0.247 e. The highest BCUT2D eigenvalue weighted by Crippen LogP contribution is 2.29. The molecule has 39 heavy (non-hydrogen) atoms. The van der Waals surface area contributed by atoms with E-state index in [1.807, 2.05) is 60.7 Å². The molecular weight excluding hydrogens is 514 g/mol. The number of amides is 2. The van der Waals surface area contributed by atoms with Gasteiger partial charge in [0.25, 0.3) is 0 Å². The van der Waals surface area contributed by atoms with Crippen LogP contribution in [0.3, 0.4) is 0 Å². The van der Waals surface area contributed by atoms with Crippen molar-refractivity contribution in [2.75, 3.05) is 14.2 Å². The molecule has 0 aliphatic carbocycles. The normalized spacial score (nSPS) is 11.4. The average molecular weight is 544 g/mol. The van der Waals surface area contributed by atoms with Crippen molar-refractivity contribution in [1.29, 1.82) is 0 Å². The summed E-state index contributed by atoms with van der Waals surface area (Å²) >= 11 is 6.11. The monoisotopic (exact) mass is 543 g/mol. The molecule has 0 saturated heterocycles. The van der Waals surface area contributed by atoms with Crippen LogP contribution in [0.5, 0.6) is 11.5 Å². The molecule has 1 aromatic heterocycles. The van der Waals surface area contributed by atoms with Crippen LogP contribution in [0.25, 0.3) is 0 Å². The van der Waals surface area contributed by atoms with Gasteiger partial charge >= 0.3 is 0 Å². The Morgan fingerprint density at radius 3 is 2.26 bits per heavy atom. The highest BCUT2D eigenvalue weighted by molar-refractivity contribution is 6.30. The van der Waals surface area contributed by atoms with Crippen molar-refractivity contribution in [2.24, 2.45) is 0 Å². The first-order chi connectivity index (χ1) is 19.0. The van der Waals surface area contributed by atoms with E-state index in [0.29, 0.717) is 22.1 Å². The third-order valence-electron chi connectivity index (χ3n) is 6.25. The molecule has 0 bridgehead atoms. The summed E-state index contributed by atoms with van der Waals surface area (Å²) in [5, 5.41) is 3.59. The van der Waals surface area contributed by atoms with Crippen molar-refractivity contribution in [3.8, 4) is 11.5 Å². The zero-order valence-corrected chi connectivity index (χ0v) is 22.6. The second kappa shape index (κ2) is 13.4. The van der Waals surface area contributed by atoms with Crippen molar-refractivity contribution in [3.05, 3.63) is 125 Å². The van der Waals surface area contributed by atoms with Crippen LogP contribution in [0.4, 0.5) is 0 Å². The largest absolute Gasteiger partial charge is 0.493 e. The molecule has 4 aromatic rings. The number of methoxy groups -OCH3 is 2. The Balaban J connectivity index is 1.68. The molecule has 200 valence electrons. The minimum Gasteiger partial charge on any atom is -0.493 e. The molecule has 3 aromatic carbocycles. The fourth-order valence-electron chi connectivity index (χ4n) is 4.27. The summed E-state index contributed by atoms with van der Waals surface area (Å²) in [7, 11) is 3.11. The third kappa shape index (κ3) is 7.36. The minimum absolute atomic E-state index is 0.0627. The van der Waals surface area contributed by atoms with Crippen LogP contribution in [-0.4, -0.2) is 35.9 Å². The van der Waals surface area contributed by atoms with E-state index in [-0.39, 0.29) is 31.3 Å². The van der Waals surface area contributed by atoms with Gasteiger partial charge in [-0.1, -0.05) is 66.2 Å². The van der Waals surface area contributed by atoms with E-state index in [1.165, 1.54) is 0 Å². The molecule has 0 aliphatic heterocycles. The van der Waals surface area contributed by atoms with Crippen molar-refractivity contribution in [2.45, 2.75) is 25.6 Å². The number of hydrogen-bond acceptors (Lipinski definition) is 5. The summed E-state index contributed by atoms with van der Waals surface area (Å²) in [6.45, 7) is 0.498. The Kier molecular flexibility index (Phi) is 9.53. The first-order valence-electron chi connectivity index (χ1n) is 12.4. The predicted molar refractivity (Wildman–Crippen MR) is 151 cm³/mol. The summed E-state index contributed by atoms with van der Waals surface area (Å²) < 4.78 is 10.8. The van der Waals surface area contributed by atoms with Gasteiger partial charge < -0.3 is 19.7 Å². The molecule has 0 saturated carbocycles. The molecule has 1 heterocycles. The summed E-state index contributed by atoms with van der Waals surface area (Å²) in [5.74, 6) is 0.590. The quantitative estimate of drug-likeness (QED) is 0.275. The van der Waals surface area contributed by atoms with Gasteiger partial charge in [-0.25, -0.2) is 0 Å². The summed E-state index contributed by atoms with van der Waals surface area (Å²) in [6.07, 6.45) is 3.44. The third-order valence-corrected chi connectivity index (χ3v) is 6.51. The number of pyridine rings is 1. The van der Waals surface area contributed by atoms with Crippen LogP contribution < -0.4 is 14.8 Å². The molecule has 8 heteroatoms. The zero-order valence-electron chi connectivity index (χ0n) is 21.8. The SMILES string of the molecule is COc1ccc(CC(=O)N(Cc2ccc(Cl)cc2)C(C(=O)NCc2cccnc2)c2ccccc2)cc1OC. The van der Waals surface area contributed by atoms with Crippen molar-refractivity contribution >= 4 is 23.4 Å². The Morgan fingerprint density at radius 1 is 0.872 bits per heavy atom. The number of nitrogens with one attached hydrogen (secondary N) is 1. The molecule has 4 rings (SSSR count). The Labute approximate surface area is 233 Å². The average Bonchev–Trinajstić information content (AvgIpc) is 2.97. The van der Waals surface area contributed by atoms with E-state index >= 15 is 0 Å². The molecule has 0 spiro atoms. The molecule has 0 radical (unpaired) electrons. The zero-order chi connectivity index (χ0) is 27.6. The van der Waals surface area contributed by atoms with Crippen molar-refractivity contribution in [1.82, 2.24) is 15.2 Å². The van der Waals surface area contributed by atoms with Gasteiger partial charge in [0.15, 0.2) is 11.5 Å². The van der Waals surface area contributed by atoms with Crippen molar-refractivity contribution in [3.63, 3.8) is 0 Å². The van der Waals surface area contributed by atoms with Gasteiger partial charge in [0.05, 0.1) is 20.6 Å². The number of halogens is 1. The second-order valence-electron chi connectivity index (χ2n) is 8.91. The minimum atomic E-state index is -0.869. The molecule has 2 amide bonds. The number of benzene rings is 3. The highest BCUT2D eigenvalue weighted by atomic mass is 35.5. The Bertz CT molecular complexity index is 1380.